The topological polar surface area (TPSA) is 57.2 Å². The zero-order chi connectivity index (χ0) is 15.4. The van der Waals surface area contributed by atoms with Gasteiger partial charge in [-0.15, -0.1) is 0 Å². The number of piperidine rings is 1. The fourth-order valence-electron chi connectivity index (χ4n) is 2.81. The lowest BCUT2D eigenvalue weighted by molar-refractivity contribution is 0.385. The summed E-state index contributed by atoms with van der Waals surface area (Å²) in [6.45, 7) is 11.6. The van der Waals surface area contributed by atoms with Crippen molar-refractivity contribution in [2.45, 2.75) is 46.6 Å². The Morgan fingerprint density at radius 1 is 1.14 bits per heavy atom. The third kappa shape index (κ3) is 3.54. The van der Waals surface area contributed by atoms with Gasteiger partial charge in [0, 0.05) is 32.7 Å². The minimum Gasteiger partial charge on any atom is -0.357 e. The van der Waals surface area contributed by atoms with Crippen LogP contribution in [0.4, 0.5) is 17.8 Å². The Labute approximate surface area is 128 Å². The molecule has 1 aromatic rings. The Morgan fingerprint density at radius 3 is 2.48 bits per heavy atom. The van der Waals surface area contributed by atoms with E-state index in [-0.39, 0.29) is 0 Å². The zero-order valence-corrected chi connectivity index (χ0v) is 13.9. The normalized spacial score (nSPS) is 22.2. The Morgan fingerprint density at radius 2 is 1.86 bits per heavy atom. The Bertz CT molecular complexity index is 459. The van der Waals surface area contributed by atoms with Gasteiger partial charge in [0.05, 0.1) is 0 Å². The molecule has 6 nitrogen and oxygen atoms in total. The molecule has 0 radical (unpaired) electrons. The average molecular weight is 292 g/mol. The summed E-state index contributed by atoms with van der Waals surface area (Å²) in [6, 6.07) is 0.484. The molecule has 0 spiro atoms. The maximum atomic E-state index is 4.72. The number of nitrogens with one attached hydrogen (secondary N) is 1. The highest BCUT2D eigenvalue weighted by molar-refractivity contribution is 5.45. The molecule has 0 saturated carbocycles. The number of nitrogens with zero attached hydrogens (tertiary/aromatic N) is 5. The van der Waals surface area contributed by atoms with Gasteiger partial charge >= 0.3 is 0 Å². The second-order valence-electron chi connectivity index (χ2n) is 5.87. The molecule has 1 aliphatic rings. The van der Waals surface area contributed by atoms with E-state index in [4.69, 9.17) is 4.98 Å². The van der Waals surface area contributed by atoms with Crippen molar-refractivity contribution in [2.24, 2.45) is 5.92 Å². The van der Waals surface area contributed by atoms with Gasteiger partial charge in [0.1, 0.15) is 0 Å². The maximum Gasteiger partial charge on any atom is 0.232 e. The molecule has 0 aromatic carbocycles. The van der Waals surface area contributed by atoms with E-state index in [9.17, 15) is 0 Å². The highest BCUT2D eigenvalue weighted by Crippen LogP contribution is 2.26. The third-order valence-electron chi connectivity index (χ3n) is 4.26. The van der Waals surface area contributed by atoms with Crippen LogP contribution in [0.15, 0.2) is 0 Å². The summed E-state index contributed by atoms with van der Waals surface area (Å²) in [7, 11) is 1.85. The first-order valence-electron chi connectivity index (χ1n) is 8.04. The summed E-state index contributed by atoms with van der Waals surface area (Å²) >= 11 is 0. The second kappa shape index (κ2) is 6.91. The van der Waals surface area contributed by atoms with E-state index < -0.39 is 0 Å². The third-order valence-corrected chi connectivity index (χ3v) is 4.26. The number of anilines is 3. The van der Waals surface area contributed by atoms with E-state index in [1.165, 1.54) is 12.8 Å². The van der Waals surface area contributed by atoms with Crippen LogP contribution >= 0.6 is 0 Å². The molecule has 1 fully saturated rings. The predicted molar refractivity (Wildman–Crippen MR) is 88.1 cm³/mol. The van der Waals surface area contributed by atoms with E-state index in [2.05, 4.69) is 52.8 Å². The summed E-state index contributed by atoms with van der Waals surface area (Å²) in [5.41, 5.74) is 0. The van der Waals surface area contributed by atoms with E-state index in [1.807, 2.05) is 7.05 Å². The minimum atomic E-state index is 0.484. The molecule has 2 heterocycles. The van der Waals surface area contributed by atoms with E-state index in [0.29, 0.717) is 17.9 Å². The van der Waals surface area contributed by atoms with Crippen LogP contribution in [0.25, 0.3) is 0 Å². The molecular weight excluding hydrogens is 264 g/mol. The van der Waals surface area contributed by atoms with Gasteiger partial charge in [0.2, 0.25) is 17.8 Å². The quantitative estimate of drug-likeness (QED) is 0.899. The number of rotatable bonds is 5. The monoisotopic (exact) mass is 292 g/mol. The van der Waals surface area contributed by atoms with Crippen molar-refractivity contribution in [3.05, 3.63) is 0 Å². The van der Waals surface area contributed by atoms with Gasteiger partial charge < -0.3 is 15.1 Å². The van der Waals surface area contributed by atoms with Crippen molar-refractivity contribution in [1.29, 1.82) is 0 Å². The van der Waals surface area contributed by atoms with Crippen LogP contribution in [0.5, 0.6) is 0 Å². The van der Waals surface area contributed by atoms with Crippen LogP contribution in [-0.2, 0) is 0 Å². The molecule has 1 aromatic heterocycles. The summed E-state index contributed by atoms with van der Waals surface area (Å²) in [4.78, 5) is 18.3. The lowest BCUT2D eigenvalue weighted by atomic mass is 9.95. The molecular formula is C15H28N6. The van der Waals surface area contributed by atoms with Gasteiger partial charge in [-0.25, -0.2) is 0 Å². The summed E-state index contributed by atoms with van der Waals surface area (Å²) in [5.74, 6) is 2.90. The second-order valence-corrected chi connectivity index (χ2v) is 5.87. The average Bonchev–Trinajstić information content (AvgIpc) is 2.50. The zero-order valence-electron chi connectivity index (χ0n) is 13.9. The highest BCUT2D eigenvalue weighted by atomic mass is 15.4. The SMILES string of the molecule is CCN(CC)c1nc(NC)nc(N2CC(C)CCC2C)n1. The Balaban J connectivity index is 2.35. The van der Waals surface area contributed by atoms with Crippen LogP contribution < -0.4 is 15.1 Å². The number of hydrogen-bond acceptors (Lipinski definition) is 6. The predicted octanol–water partition coefficient (Wildman–Crippen LogP) is 2.38. The molecule has 6 heteroatoms. The van der Waals surface area contributed by atoms with E-state index >= 15 is 0 Å². The molecule has 21 heavy (non-hydrogen) atoms. The summed E-state index contributed by atoms with van der Waals surface area (Å²) in [5, 5.41) is 3.06. The van der Waals surface area contributed by atoms with Crippen LogP contribution in [0, 0.1) is 5.92 Å². The molecule has 1 aliphatic heterocycles. The summed E-state index contributed by atoms with van der Waals surface area (Å²) in [6.07, 6.45) is 2.48. The van der Waals surface area contributed by atoms with Crippen molar-refractivity contribution < 1.29 is 0 Å². The summed E-state index contributed by atoms with van der Waals surface area (Å²) < 4.78 is 0. The number of hydrogen-bond donors (Lipinski definition) is 1. The maximum absolute atomic E-state index is 4.72. The number of aromatic nitrogens is 3. The molecule has 1 saturated heterocycles. The largest absolute Gasteiger partial charge is 0.357 e. The van der Waals surface area contributed by atoms with Crippen molar-refractivity contribution in [2.75, 3.05) is 41.8 Å². The van der Waals surface area contributed by atoms with Gasteiger partial charge in [-0.1, -0.05) is 6.92 Å². The fourth-order valence-corrected chi connectivity index (χ4v) is 2.81. The van der Waals surface area contributed by atoms with Gasteiger partial charge in [-0.3, -0.25) is 0 Å². The van der Waals surface area contributed by atoms with Gasteiger partial charge in [0.25, 0.3) is 0 Å². The van der Waals surface area contributed by atoms with E-state index in [1.54, 1.807) is 0 Å². The molecule has 2 atom stereocenters. The fraction of sp³-hybridized carbons (Fsp3) is 0.800. The molecule has 118 valence electrons. The highest BCUT2D eigenvalue weighted by Gasteiger charge is 2.26. The lowest BCUT2D eigenvalue weighted by Gasteiger charge is -2.37. The minimum absolute atomic E-state index is 0.484. The van der Waals surface area contributed by atoms with Crippen molar-refractivity contribution in [3.8, 4) is 0 Å². The lowest BCUT2D eigenvalue weighted by Crippen LogP contribution is -2.42. The van der Waals surface area contributed by atoms with Crippen LogP contribution in [0.1, 0.15) is 40.5 Å². The van der Waals surface area contributed by atoms with Crippen LogP contribution in [0.3, 0.4) is 0 Å². The first-order valence-corrected chi connectivity index (χ1v) is 8.04. The Hall–Kier alpha value is -1.59. The first-order chi connectivity index (χ1) is 10.1. The van der Waals surface area contributed by atoms with Crippen LogP contribution in [0.2, 0.25) is 0 Å². The van der Waals surface area contributed by atoms with Crippen molar-refractivity contribution in [3.63, 3.8) is 0 Å². The first kappa shape index (κ1) is 15.8. The smallest absolute Gasteiger partial charge is 0.232 e. The molecule has 2 unspecified atom stereocenters. The van der Waals surface area contributed by atoms with Gasteiger partial charge in [0.15, 0.2) is 0 Å². The molecule has 1 N–H and O–H groups in total. The molecule has 2 rings (SSSR count). The van der Waals surface area contributed by atoms with Crippen LogP contribution in [-0.4, -0.2) is 47.7 Å². The standard InChI is InChI=1S/C15H28N6/c1-6-20(7-2)14-17-13(16-5)18-15(19-14)21-10-11(3)8-9-12(21)4/h11-12H,6-10H2,1-5H3,(H,16,17,18,19). The van der Waals surface area contributed by atoms with Gasteiger partial charge in [-0.2, -0.15) is 15.0 Å². The van der Waals surface area contributed by atoms with Crippen molar-refractivity contribution in [1.82, 2.24) is 15.0 Å². The molecule has 0 aliphatic carbocycles. The van der Waals surface area contributed by atoms with Crippen molar-refractivity contribution >= 4 is 17.8 Å². The Kier molecular flexibility index (Phi) is 5.20. The molecule has 0 amide bonds. The molecule has 0 bridgehead atoms. The van der Waals surface area contributed by atoms with E-state index in [0.717, 1.165) is 31.5 Å². The van der Waals surface area contributed by atoms with Gasteiger partial charge in [-0.05, 0) is 39.5 Å².